The highest BCUT2D eigenvalue weighted by Crippen LogP contribution is 2.22. The summed E-state index contributed by atoms with van der Waals surface area (Å²) in [4.78, 5) is 4.49. The molecule has 0 aromatic heterocycles. The molecule has 0 bridgehead atoms. The van der Waals surface area contributed by atoms with E-state index < -0.39 is 6.10 Å². The van der Waals surface area contributed by atoms with Crippen molar-refractivity contribution in [1.29, 1.82) is 0 Å². The zero-order valence-electron chi connectivity index (χ0n) is 12.0. The third-order valence-electron chi connectivity index (χ3n) is 4.00. The summed E-state index contributed by atoms with van der Waals surface area (Å²) in [5.74, 6) is -0.263. The van der Waals surface area contributed by atoms with Crippen LogP contribution >= 0.6 is 15.9 Å². The maximum atomic E-state index is 13.1. The molecule has 1 aliphatic heterocycles. The van der Waals surface area contributed by atoms with Crippen LogP contribution in [-0.4, -0.2) is 60.8 Å². The van der Waals surface area contributed by atoms with Crippen molar-refractivity contribution in [2.75, 3.05) is 33.7 Å². The number of halogens is 2. The van der Waals surface area contributed by atoms with Gasteiger partial charge in [0.15, 0.2) is 0 Å². The van der Waals surface area contributed by atoms with Gasteiger partial charge in [0.05, 0.1) is 6.10 Å². The Hall–Kier alpha value is -0.490. The van der Waals surface area contributed by atoms with E-state index in [0.717, 1.165) is 36.1 Å². The van der Waals surface area contributed by atoms with Gasteiger partial charge in [0.1, 0.15) is 5.82 Å². The van der Waals surface area contributed by atoms with Gasteiger partial charge in [-0.25, -0.2) is 4.39 Å². The monoisotopic (exact) mass is 344 g/mol. The van der Waals surface area contributed by atoms with Crippen molar-refractivity contribution < 1.29 is 9.50 Å². The van der Waals surface area contributed by atoms with Crippen LogP contribution in [0.25, 0.3) is 0 Å². The van der Waals surface area contributed by atoms with Crippen molar-refractivity contribution in [2.24, 2.45) is 0 Å². The van der Waals surface area contributed by atoms with Crippen LogP contribution in [-0.2, 0) is 6.42 Å². The molecule has 0 saturated carbocycles. The number of rotatable bonds is 3. The molecule has 1 N–H and O–H groups in total. The van der Waals surface area contributed by atoms with Crippen molar-refractivity contribution >= 4 is 15.9 Å². The Kier molecular flexibility index (Phi) is 5.55. The van der Waals surface area contributed by atoms with Crippen LogP contribution in [0.5, 0.6) is 0 Å². The van der Waals surface area contributed by atoms with Crippen LogP contribution in [0.2, 0.25) is 0 Å². The summed E-state index contributed by atoms with van der Waals surface area (Å²) < 4.78 is 13.8. The normalized spacial score (nSPS) is 23.6. The number of hydrogen-bond donors (Lipinski definition) is 1. The molecule has 112 valence electrons. The highest BCUT2D eigenvalue weighted by atomic mass is 79.9. The van der Waals surface area contributed by atoms with Gasteiger partial charge in [-0.3, -0.25) is 4.90 Å². The van der Waals surface area contributed by atoms with Crippen molar-refractivity contribution in [1.82, 2.24) is 9.80 Å². The van der Waals surface area contributed by atoms with Crippen LogP contribution in [0.3, 0.4) is 0 Å². The topological polar surface area (TPSA) is 26.7 Å². The molecule has 2 rings (SSSR count). The Morgan fingerprint density at radius 3 is 2.85 bits per heavy atom. The Balaban J connectivity index is 2.07. The van der Waals surface area contributed by atoms with Gasteiger partial charge in [-0.15, -0.1) is 0 Å². The molecule has 1 saturated heterocycles. The Morgan fingerprint density at radius 1 is 1.40 bits per heavy atom. The van der Waals surface area contributed by atoms with E-state index in [0.29, 0.717) is 6.42 Å². The number of hydrogen-bond acceptors (Lipinski definition) is 3. The molecule has 1 aromatic rings. The first-order chi connectivity index (χ1) is 9.47. The molecule has 1 aliphatic rings. The standard InChI is InChI=1S/C15H22BrFN2O/c1-18-6-3-7-19(2)14(10-18)15(20)8-11-4-5-12(17)9-13(11)16/h4-5,9,14-15,20H,3,6-8,10H2,1-2H3. The number of likely N-dealkylation sites (N-methyl/N-ethyl adjacent to an activating group) is 2. The quantitative estimate of drug-likeness (QED) is 0.909. The number of aliphatic hydroxyl groups excluding tert-OH is 1. The molecule has 1 fully saturated rings. The van der Waals surface area contributed by atoms with E-state index in [1.54, 1.807) is 6.07 Å². The molecular weight excluding hydrogens is 323 g/mol. The summed E-state index contributed by atoms with van der Waals surface area (Å²) in [5, 5.41) is 10.6. The predicted molar refractivity (Wildman–Crippen MR) is 82.3 cm³/mol. The molecule has 0 spiro atoms. The molecule has 0 aliphatic carbocycles. The van der Waals surface area contributed by atoms with Gasteiger partial charge in [-0.1, -0.05) is 22.0 Å². The zero-order valence-corrected chi connectivity index (χ0v) is 13.6. The molecule has 5 heteroatoms. The second-order valence-electron chi connectivity index (χ2n) is 5.67. The first kappa shape index (κ1) is 15.9. The minimum absolute atomic E-state index is 0.111. The van der Waals surface area contributed by atoms with E-state index in [4.69, 9.17) is 0 Å². The van der Waals surface area contributed by atoms with Crippen molar-refractivity contribution in [2.45, 2.75) is 25.0 Å². The maximum Gasteiger partial charge on any atom is 0.124 e. The molecular formula is C15H22BrFN2O. The van der Waals surface area contributed by atoms with Gasteiger partial charge in [0.25, 0.3) is 0 Å². The fraction of sp³-hybridized carbons (Fsp3) is 0.600. The molecule has 1 heterocycles. The third kappa shape index (κ3) is 4.01. The smallest absolute Gasteiger partial charge is 0.124 e. The van der Waals surface area contributed by atoms with Crippen molar-refractivity contribution in [3.63, 3.8) is 0 Å². The van der Waals surface area contributed by atoms with E-state index in [1.807, 2.05) is 0 Å². The fourth-order valence-electron chi connectivity index (χ4n) is 2.77. The van der Waals surface area contributed by atoms with E-state index in [-0.39, 0.29) is 11.9 Å². The van der Waals surface area contributed by atoms with Crippen LogP contribution in [0.4, 0.5) is 4.39 Å². The largest absolute Gasteiger partial charge is 0.391 e. The van der Waals surface area contributed by atoms with Crippen LogP contribution < -0.4 is 0 Å². The predicted octanol–water partition coefficient (Wildman–Crippen LogP) is 2.13. The Bertz CT molecular complexity index is 457. The Labute approximate surface area is 128 Å². The lowest BCUT2D eigenvalue weighted by Crippen LogP contribution is -2.47. The highest BCUT2D eigenvalue weighted by Gasteiger charge is 2.27. The van der Waals surface area contributed by atoms with E-state index in [1.165, 1.54) is 12.1 Å². The molecule has 2 atom stereocenters. The minimum Gasteiger partial charge on any atom is -0.391 e. The molecule has 1 aromatic carbocycles. The van der Waals surface area contributed by atoms with Gasteiger partial charge in [-0.05, 0) is 51.3 Å². The van der Waals surface area contributed by atoms with Gasteiger partial charge < -0.3 is 10.0 Å². The summed E-state index contributed by atoms with van der Waals surface area (Å²) in [6, 6.07) is 4.74. The zero-order chi connectivity index (χ0) is 14.7. The third-order valence-corrected chi connectivity index (χ3v) is 4.74. The second kappa shape index (κ2) is 6.98. The summed E-state index contributed by atoms with van der Waals surface area (Å²) in [5.41, 5.74) is 0.944. The van der Waals surface area contributed by atoms with Crippen LogP contribution in [0.15, 0.2) is 22.7 Å². The maximum absolute atomic E-state index is 13.1. The first-order valence-corrected chi connectivity index (χ1v) is 7.77. The molecule has 0 radical (unpaired) electrons. The van der Waals surface area contributed by atoms with Gasteiger partial charge in [-0.2, -0.15) is 0 Å². The van der Waals surface area contributed by atoms with Crippen LogP contribution in [0, 0.1) is 5.82 Å². The molecule has 0 amide bonds. The summed E-state index contributed by atoms with van der Waals surface area (Å²) in [7, 11) is 4.15. The lowest BCUT2D eigenvalue weighted by molar-refractivity contribution is 0.0580. The lowest BCUT2D eigenvalue weighted by Gasteiger charge is -2.31. The highest BCUT2D eigenvalue weighted by molar-refractivity contribution is 9.10. The second-order valence-corrected chi connectivity index (χ2v) is 6.53. The van der Waals surface area contributed by atoms with E-state index >= 15 is 0 Å². The SMILES string of the molecule is CN1CCCN(C)C(C(O)Cc2ccc(F)cc2Br)C1. The van der Waals surface area contributed by atoms with E-state index in [9.17, 15) is 9.50 Å². The van der Waals surface area contributed by atoms with Crippen molar-refractivity contribution in [3.8, 4) is 0 Å². The average Bonchev–Trinajstić information content (AvgIpc) is 2.54. The van der Waals surface area contributed by atoms with E-state index in [2.05, 4.69) is 39.8 Å². The van der Waals surface area contributed by atoms with Gasteiger partial charge in [0.2, 0.25) is 0 Å². The summed E-state index contributed by atoms with van der Waals surface area (Å²) in [6.07, 6.45) is 1.20. The van der Waals surface area contributed by atoms with Gasteiger partial charge in [0, 0.05) is 23.5 Å². The molecule has 3 nitrogen and oxygen atoms in total. The fourth-order valence-corrected chi connectivity index (χ4v) is 3.28. The number of benzene rings is 1. The average molecular weight is 345 g/mol. The summed E-state index contributed by atoms with van der Waals surface area (Å²) >= 11 is 3.37. The van der Waals surface area contributed by atoms with Gasteiger partial charge >= 0.3 is 0 Å². The molecule has 20 heavy (non-hydrogen) atoms. The number of nitrogens with zero attached hydrogens (tertiary/aromatic N) is 2. The first-order valence-electron chi connectivity index (χ1n) is 6.98. The van der Waals surface area contributed by atoms with Crippen molar-refractivity contribution in [3.05, 3.63) is 34.1 Å². The Morgan fingerprint density at radius 2 is 2.15 bits per heavy atom. The number of aliphatic hydroxyl groups is 1. The minimum atomic E-state index is -0.456. The molecule has 2 unspecified atom stereocenters. The lowest BCUT2D eigenvalue weighted by atomic mass is 10.0. The summed E-state index contributed by atoms with van der Waals surface area (Å²) in [6.45, 7) is 2.92. The van der Waals surface area contributed by atoms with Crippen LogP contribution in [0.1, 0.15) is 12.0 Å².